The molecule has 32 heavy (non-hydrogen) atoms. The van der Waals surface area contributed by atoms with Gasteiger partial charge in [-0.3, -0.25) is 4.79 Å². The van der Waals surface area contributed by atoms with Crippen molar-refractivity contribution in [3.8, 4) is 11.9 Å². The van der Waals surface area contributed by atoms with Crippen LogP contribution in [-0.2, 0) is 9.84 Å². The second-order valence-corrected chi connectivity index (χ2v) is 8.74. The van der Waals surface area contributed by atoms with Crippen molar-refractivity contribution in [3.63, 3.8) is 0 Å². The Morgan fingerprint density at radius 1 is 1.25 bits per heavy atom. The maximum atomic E-state index is 12.9. The van der Waals surface area contributed by atoms with Crippen LogP contribution in [0.4, 0.5) is 13.2 Å². The van der Waals surface area contributed by atoms with E-state index in [4.69, 9.17) is 16.9 Å². The van der Waals surface area contributed by atoms with Crippen LogP contribution in [0.1, 0.15) is 34.7 Å². The summed E-state index contributed by atoms with van der Waals surface area (Å²) in [5, 5.41) is 15.0. The lowest BCUT2D eigenvalue weighted by Crippen LogP contribution is -2.29. The van der Waals surface area contributed by atoms with Gasteiger partial charge in [0.25, 0.3) is 15.7 Å². The zero-order valence-corrected chi connectivity index (χ0v) is 17.6. The molecule has 1 amide bonds. The molecule has 14 heteroatoms. The fraction of sp³-hybridized carbons (Fsp3) is 0.167. The van der Waals surface area contributed by atoms with Gasteiger partial charge in [0, 0.05) is 16.8 Å². The van der Waals surface area contributed by atoms with Crippen LogP contribution in [0, 0.1) is 11.3 Å². The molecule has 0 aliphatic carbocycles. The number of carbonyl (C=O) groups is 1. The number of amides is 1. The Morgan fingerprint density at radius 2 is 1.97 bits per heavy atom. The van der Waals surface area contributed by atoms with Gasteiger partial charge in [0.2, 0.25) is 0 Å². The monoisotopic (exact) mass is 484 g/mol. The van der Waals surface area contributed by atoms with Crippen molar-refractivity contribution in [3.05, 3.63) is 64.8 Å². The predicted molar refractivity (Wildman–Crippen MR) is 104 cm³/mol. The Balaban J connectivity index is 1.88. The van der Waals surface area contributed by atoms with Gasteiger partial charge in [-0.1, -0.05) is 11.6 Å². The number of halogens is 4. The molecule has 166 valence electrons. The minimum atomic E-state index is -5.70. The van der Waals surface area contributed by atoms with Gasteiger partial charge < -0.3 is 5.32 Å². The average Bonchev–Trinajstić information content (AvgIpc) is 3.22. The van der Waals surface area contributed by atoms with E-state index in [2.05, 4.69) is 20.4 Å². The first-order chi connectivity index (χ1) is 14.9. The van der Waals surface area contributed by atoms with Gasteiger partial charge in [0.05, 0.1) is 16.5 Å². The Morgan fingerprint density at radius 3 is 2.56 bits per heavy atom. The highest BCUT2D eigenvalue weighted by Gasteiger charge is 2.47. The molecule has 2 heterocycles. The molecule has 0 saturated heterocycles. The number of pyridine rings is 1. The quantitative estimate of drug-likeness (QED) is 0.589. The number of nitrogens with zero attached hydrogens (tertiary/aromatic N) is 5. The van der Waals surface area contributed by atoms with Crippen molar-refractivity contribution in [2.75, 3.05) is 0 Å². The molecule has 1 aromatic carbocycles. The van der Waals surface area contributed by atoms with E-state index in [0.29, 0.717) is 23.5 Å². The molecule has 1 atom stereocenters. The molecule has 3 rings (SSSR count). The minimum Gasteiger partial charge on any atom is -0.342 e. The van der Waals surface area contributed by atoms with Crippen LogP contribution in [-0.4, -0.2) is 39.6 Å². The smallest absolute Gasteiger partial charge is 0.342 e. The Hall–Kier alpha value is -3.50. The van der Waals surface area contributed by atoms with Gasteiger partial charge in [-0.25, -0.2) is 18.4 Å². The summed E-state index contributed by atoms with van der Waals surface area (Å²) in [5.74, 6) is -0.361. The topological polar surface area (TPSA) is 131 Å². The summed E-state index contributed by atoms with van der Waals surface area (Å²) in [6.45, 7) is 1.53. The molecule has 9 nitrogen and oxygen atoms in total. The summed E-state index contributed by atoms with van der Waals surface area (Å²) in [6, 6.07) is 6.35. The summed E-state index contributed by atoms with van der Waals surface area (Å²) in [6.07, 6.45) is 2.52. The summed E-state index contributed by atoms with van der Waals surface area (Å²) in [7, 11) is -5.70. The molecule has 1 N–H and O–H groups in total. The van der Waals surface area contributed by atoms with Crippen molar-refractivity contribution in [2.45, 2.75) is 23.4 Å². The van der Waals surface area contributed by atoms with Gasteiger partial charge in [-0.2, -0.15) is 28.2 Å². The number of nitriles is 1. The fourth-order valence-corrected chi connectivity index (χ4v) is 3.76. The van der Waals surface area contributed by atoms with Gasteiger partial charge in [-0.15, -0.1) is 0 Å². The molecule has 2 aromatic heterocycles. The number of alkyl halides is 3. The third-order valence-electron chi connectivity index (χ3n) is 4.15. The Labute approximate surface area is 184 Å². The predicted octanol–water partition coefficient (Wildman–Crippen LogP) is 2.97. The van der Waals surface area contributed by atoms with Crippen LogP contribution in [0.15, 0.2) is 47.8 Å². The van der Waals surface area contributed by atoms with Crippen LogP contribution in [0.25, 0.3) is 5.82 Å². The van der Waals surface area contributed by atoms with Crippen molar-refractivity contribution >= 4 is 27.3 Å². The highest BCUT2D eigenvalue weighted by molar-refractivity contribution is 7.92. The molecular formula is C18H12ClF3N6O3S. The minimum absolute atomic E-state index is 0.223. The lowest BCUT2D eigenvalue weighted by Gasteiger charge is -2.15. The second-order valence-electron chi connectivity index (χ2n) is 6.37. The number of sulfone groups is 1. The number of benzene rings is 1. The number of hydrogen-bond donors (Lipinski definition) is 1. The summed E-state index contributed by atoms with van der Waals surface area (Å²) >= 11 is 5.75. The van der Waals surface area contributed by atoms with Crippen LogP contribution in [0.3, 0.4) is 0 Å². The number of rotatable bonds is 5. The van der Waals surface area contributed by atoms with Crippen LogP contribution < -0.4 is 5.32 Å². The van der Waals surface area contributed by atoms with Crippen molar-refractivity contribution in [1.29, 1.82) is 5.26 Å². The van der Waals surface area contributed by atoms with Crippen molar-refractivity contribution in [2.24, 2.45) is 0 Å². The van der Waals surface area contributed by atoms with Gasteiger partial charge >= 0.3 is 5.51 Å². The maximum absolute atomic E-state index is 12.9. The van der Waals surface area contributed by atoms with Gasteiger partial charge in [0.1, 0.15) is 12.4 Å². The lowest BCUT2D eigenvalue weighted by atomic mass is 10.2. The zero-order valence-electron chi connectivity index (χ0n) is 16.0. The molecule has 0 unspecified atom stereocenters. The Bertz CT molecular complexity index is 1320. The molecule has 0 radical (unpaired) electrons. The van der Waals surface area contributed by atoms with E-state index in [0.717, 1.165) is 6.07 Å². The number of aromatic nitrogens is 4. The standard InChI is InChI=1S/C18H12ClF3N6O3S/c1-10(16-25-9-26-28(16)15-3-2-11(7-23)8-24-15)27-17(29)12-4-13(19)6-14(5-12)32(30,31)18(20,21)22/h2-6,8-10H,1H3,(H,27,29)/t10-/m1/s1. The zero-order chi connectivity index (χ0) is 23.7. The molecule has 0 aliphatic heterocycles. The summed E-state index contributed by atoms with van der Waals surface area (Å²) in [4.78, 5) is 19.6. The SMILES string of the molecule is C[C@@H](NC(=O)c1cc(Cl)cc(S(=O)(=O)C(F)(F)F)c1)c1ncnn1-c1ccc(C#N)cn1. The Kier molecular flexibility index (Phi) is 6.20. The van der Waals surface area contributed by atoms with Crippen LogP contribution in [0.5, 0.6) is 0 Å². The molecule has 0 aliphatic rings. The molecule has 3 aromatic rings. The van der Waals surface area contributed by atoms with E-state index in [1.807, 2.05) is 6.07 Å². The second kappa shape index (κ2) is 8.56. The van der Waals surface area contributed by atoms with Crippen molar-refractivity contribution < 1.29 is 26.4 Å². The fourth-order valence-electron chi connectivity index (χ4n) is 2.63. The third-order valence-corrected chi connectivity index (χ3v) is 5.84. The normalized spacial score (nSPS) is 12.8. The number of hydrogen-bond acceptors (Lipinski definition) is 7. The average molecular weight is 485 g/mol. The van der Waals surface area contributed by atoms with Gasteiger partial charge in [-0.05, 0) is 37.3 Å². The molecular weight excluding hydrogens is 473 g/mol. The maximum Gasteiger partial charge on any atom is 0.501 e. The highest BCUT2D eigenvalue weighted by atomic mass is 35.5. The summed E-state index contributed by atoms with van der Waals surface area (Å²) in [5.41, 5.74) is -5.62. The first-order valence-electron chi connectivity index (χ1n) is 8.63. The van der Waals surface area contributed by atoms with Gasteiger partial charge in [0.15, 0.2) is 11.6 Å². The number of carbonyl (C=O) groups excluding carboxylic acids is 1. The molecule has 0 saturated carbocycles. The van der Waals surface area contributed by atoms with E-state index in [1.54, 1.807) is 0 Å². The lowest BCUT2D eigenvalue weighted by molar-refractivity contribution is -0.0436. The van der Waals surface area contributed by atoms with E-state index < -0.39 is 37.8 Å². The third kappa shape index (κ3) is 4.56. The van der Waals surface area contributed by atoms with Crippen LogP contribution >= 0.6 is 11.6 Å². The van der Waals surface area contributed by atoms with E-state index in [-0.39, 0.29) is 10.8 Å². The molecule has 0 spiro atoms. The first kappa shape index (κ1) is 23.2. The van der Waals surface area contributed by atoms with Crippen LogP contribution in [0.2, 0.25) is 5.02 Å². The van der Waals surface area contributed by atoms with E-state index in [1.165, 1.54) is 36.3 Å². The molecule has 0 fully saturated rings. The first-order valence-corrected chi connectivity index (χ1v) is 10.5. The van der Waals surface area contributed by atoms with E-state index >= 15 is 0 Å². The molecule has 0 bridgehead atoms. The number of nitrogens with one attached hydrogen (secondary N) is 1. The van der Waals surface area contributed by atoms with Crippen molar-refractivity contribution in [1.82, 2.24) is 25.1 Å². The summed E-state index contributed by atoms with van der Waals surface area (Å²) < 4.78 is 63.2. The highest BCUT2D eigenvalue weighted by Crippen LogP contribution is 2.32. The van der Waals surface area contributed by atoms with E-state index in [9.17, 15) is 26.4 Å². The largest absolute Gasteiger partial charge is 0.501 e.